The molecule has 2 heterocycles. The highest BCUT2D eigenvalue weighted by Crippen LogP contribution is 2.26. The predicted octanol–water partition coefficient (Wildman–Crippen LogP) is 2.07. The summed E-state index contributed by atoms with van der Waals surface area (Å²) >= 11 is 0. The lowest BCUT2D eigenvalue weighted by atomic mass is 10.0. The number of aromatic nitrogens is 2. The van der Waals surface area contributed by atoms with Gasteiger partial charge in [0, 0.05) is 24.7 Å². The van der Waals surface area contributed by atoms with Crippen LogP contribution < -0.4 is 4.74 Å². The van der Waals surface area contributed by atoms with Gasteiger partial charge >= 0.3 is 0 Å². The summed E-state index contributed by atoms with van der Waals surface area (Å²) in [6, 6.07) is 5.61. The van der Waals surface area contributed by atoms with Gasteiger partial charge in [0.1, 0.15) is 5.75 Å². The van der Waals surface area contributed by atoms with E-state index in [0.717, 1.165) is 24.3 Å². The van der Waals surface area contributed by atoms with Gasteiger partial charge in [-0.3, -0.25) is 9.48 Å². The molecule has 2 aromatic rings. The Morgan fingerprint density at radius 3 is 3.11 bits per heavy atom. The first kappa shape index (κ1) is 11.0. The van der Waals surface area contributed by atoms with Crippen molar-refractivity contribution in [2.45, 2.75) is 19.9 Å². The molecule has 0 fully saturated rings. The third kappa shape index (κ3) is 1.79. The number of ketones is 1. The first-order chi connectivity index (χ1) is 8.78. The molecule has 0 bridgehead atoms. The van der Waals surface area contributed by atoms with Gasteiger partial charge in [0.05, 0.1) is 18.4 Å². The van der Waals surface area contributed by atoms with E-state index in [2.05, 4.69) is 5.10 Å². The second kappa shape index (κ2) is 4.29. The number of carbonyl (C=O) groups is 1. The Hall–Kier alpha value is -2.10. The van der Waals surface area contributed by atoms with Crippen LogP contribution in [-0.2, 0) is 13.0 Å². The van der Waals surface area contributed by atoms with E-state index >= 15 is 0 Å². The molecule has 18 heavy (non-hydrogen) atoms. The second-order valence-corrected chi connectivity index (χ2v) is 4.33. The molecule has 92 valence electrons. The highest BCUT2D eigenvalue weighted by atomic mass is 16.5. The van der Waals surface area contributed by atoms with Crippen LogP contribution in [0.15, 0.2) is 30.6 Å². The minimum atomic E-state index is 0.0180. The maximum absolute atomic E-state index is 12.3. The maximum Gasteiger partial charge on any atom is 0.196 e. The standard InChI is InChI=1S/C14H14N2O2/c1-2-16-9-12(8-15-16)14(17)11-3-4-13-10(7-11)5-6-18-13/h3-4,7-9H,2,5-6H2,1H3. The van der Waals surface area contributed by atoms with Gasteiger partial charge in [-0.2, -0.15) is 5.10 Å². The number of aryl methyl sites for hydroxylation is 1. The van der Waals surface area contributed by atoms with Crippen LogP contribution >= 0.6 is 0 Å². The monoisotopic (exact) mass is 242 g/mol. The molecule has 0 radical (unpaired) electrons. The first-order valence-corrected chi connectivity index (χ1v) is 6.11. The minimum absolute atomic E-state index is 0.0180. The third-order valence-electron chi connectivity index (χ3n) is 3.17. The number of nitrogens with zero attached hydrogens (tertiary/aromatic N) is 2. The summed E-state index contributed by atoms with van der Waals surface area (Å²) in [4.78, 5) is 12.3. The number of hydrogen-bond donors (Lipinski definition) is 0. The number of ether oxygens (including phenoxy) is 1. The highest BCUT2D eigenvalue weighted by Gasteiger charge is 2.16. The summed E-state index contributed by atoms with van der Waals surface area (Å²) in [6.45, 7) is 3.47. The molecule has 4 heteroatoms. The Labute approximate surface area is 105 Å². The average molecular weight is 242 g/mol. The van der Waals surface area contributed by atoms with E-state index in [0.29, 0.717) is 17.7 Å². The number of rotatable bonds is 3. The van der Waals surface area contributed by atoms with Crippen LogP contribution in [0.4, 0.5) is 0 Å². The van der Waals surface area contributed by atoms with Crippen molar-refractivity contribution >= 4 is 5.78 Å². The van der Waals surface area contributed by atoms with Crippen LogP contribution in [0.3, 0.4) is 0 Å². The van der Waals surface area contributed by atoms with Crippen LogP contribution in [0, 0.1) is 0 Å². The number of benzene rings is 1. The molecule has 3 rings (SSSR count). The van der Waals surface area contributed by atoms with E-state index in [-0.39, 0.29) is 5.78 Å². The fourth-order valence-corrected chi connectivity index (χ4v) is 2.15. The lowest BCUT2D eigenvalue weighted by Crippen LogP contribution is -2.00. The van der Waals surface area contributed by atoms with Crippen molar-refractivity contribution in [3.8, 4) is 5.75 Å². The van der Waals surface area contributed by atoms with Crippen molar-refractivity contribution in [2.75, 3.05) is 6.61 Å². The van der Waals surface area contributed by atoms with Gasteiger partial charge in [-0.15, -0.1) is 0 Å². The van der Waals surface area contributed by atoms with Gasteiger partial charge < -0.3 is 4.74 Å². The maximum atomic E-state index is 12.3. The van der Waals surface area contributed by atoms with Crippen molar-refractivity contribution in [1.29, 1.82) is 0 Å². The van der Waals surface area contributed by atoms with Gasteiger partial charge in [0.25, 0.3) is 0 Å². The molecule has 0 saturated carbocycles. The molecule has 0 spiro atoms. The highest BCUT2D eigenvalue weighted by molar-refractivity contribution is 6.08. The van der Waals surface area contributed by atoms with Crippen molar-refractivity contribution in [3.63, 3.8) is 0 Å². The fraction of sp³-hybridized carbons (Fsp3) is 0.286. The van der Waals surface area contributed by atoms with Crippen molar-refractivity contribution in [1.82, 2.24) is 9.78 Å². The lowest BCUT2D eigenvalue weighted by molar-refractivity contribution is 0.103. The van der Waals surface area contributed by atoms with E-state index in [9.17, 15) is 4.79 Å². The van der Waals surface area contributed by atoms with Crippen molar-refractivity contribution < 1.29 is 9.53 Å². The molecule has 0 atom stereocenters. The Morgan fingerprint density at radius 2 is 2.33 bits per heavy atom. The van der Waals surface area contributed by atoms with Crippen LogP contribution in [-0.4, -0.2) is 22.2 Å². The van der Waals surface area contributed by atoms with Crippen LogP contribution in [0.25, 0.3) is 0 Å². The molecule has 0 N–H and O–H groups in total. The van der Waals surface area contributed by atoms with Crippen LogP contribution in [0.5, 0.6) is 5.75 Å². The van der Waals surface area contributed by atoms with E-state index < -0.39 is 0 Å². The smallest absolute Gasteiger partial charge is 0.196 e. The Bertz CT molecular complexity index is 602. The van der Waals surface area contributed by atoms with E-state index in [1.54, 1.807) is 17.1 Å². The Morgan fingerprint density at radius 1 is 1.44 bits per heavy atom. The molecule has 1 aromatic heterocycles. The van der Waals surface area contributed by atoms with E-state index in [1.165, 1.54) is 0 Å². The third-order valence-corrected chi connectivity index (χ3v) is 3.17. The van der Waals surface area contributed by atoms with Gasteiger partial charge in [-0.05, 0) is 30.7 Å². The predicted molar refractivity (Wildman–Crippen MR) is 67.0 cm³/mol. The zero-order valence-corrected chi connectivity index (χ0v) is 10.2. The Balaban J connectivity index is 1.92. The summed E-state index contributed by atoms with van der Waals surface area (Å²) in [5.74, 6) is 0.917. The molecular formula is C14H14N2O2. The number of carbonyl (C=O) groups excluding carboxylic acids is 1. The molecule has 0 aliphatic carbocycles. The molecule has 1 aliphatic heterocycles. The minimum Gasteiger partial charge on any atom is -0.493 e. The average Bonchev–Trinajstić information content (AvgIpc) is 3.05. The molecular weight excluding hydrogens is 228 g/mol. The molecule has 4 nitrogen and oxygen atoms in total. The zero-order chi connectivity index (χ0) is 12.5. The van der Waals surface area contributed by atoms with Crippen LogP contribution in [0.1, 0.15) is 28.4 Å². The topological polar surface area (TPSA) is 44.1 Å². The Kier molecular flexibility index (Phi) is 2.63. The van der Waals surface area contributed by atoms with E-state index in [1.807, 2.05) is 25.1 Å². The van der Waals surface area contributed by atoms with Gasteiger partial charge in [0.2, 0.25) is 0 Å². The first-order valence-electron chi connectivity index (χ1n) is 6.11. The van der Waals surface area contributed by atoms with Gasteiger partial charge in [-0.1, -0.05) is 0 Å². The summed E-state index contributed by atoms with van der Waals surface area (Å²) in [6.07, 6.45) is 4.28. The number of hydrogen-bond acceptors (Lipinski definition) is 3. The van der Waals surface area contributed by atoms with Gasteiger partial charge in [0.15, 0.2) is 5.78 Å². The largest absolute Gasteiger partial charge is 0.493 e. The summed E-state index contributed by atoms with van der Waals surface area (Å²) < 4.78 is 7.19. The fourth-order valence-electron chi connectivity index (χ4n) is 2.15. The lowest BCUT2D eigenvalue weighted by Gasteiger charge is -2.02. The molecule has 1 aliphatic rings. The second-order valence-electron chi connectivity index (χ2n) is 4.33. The summed E-state index contributed by atoms with van der Waals surface area (Å²) in [5.41, 5.74) is 2.45. The summed E-state index contributed by atoms with van der Waals surface area (Å²) in [5, 5.41) is 4.12. The summed E-state index contributed by atoms with van der Waals surface area (Å²) in [7, 11) is 0. The normalized spacial score (nSPS) is 13.2. The quantitative estimate of drug-likeness (QED) is 0.774. The van der Waals surface area contributed by atoms with Crippen LogP contribution in [0.2, 0.25) is 0 Å². The van der Waals surface area contributed by atoms with E-state index in [4.69, 9.17) is 4.74 Å². The molecule has 0 amide bonds. The zero-order valence-electron chi connectivity index (χ0n) is 10.2. The number of fused-ring (bicyclic) bond motifs is 1. The molecule has 0 unspecified atom stereocenters. The van der Waals surface area contributed by atoms with Gasteiger partial charge in [-0.25, -0.2) is 0 Å². The SMILES string of the molecule is CCn1cc(C(=O)c2ccc3c(c2)CCO3)cn1. The molecule has 0 saturated heterocycles. The van der Waals surface area contributed by atoms with Crippen molar-refractivity contribution in [2.24, 2.45) is 0 Å². The molecule has 1 aromatic carbocycles. The van der Waals surface area contributed by atoms with Crippen molar-refractivity contribution in [3.05, 3.63) is 47.3 Å².